The molecule has 31 heavy (non-hydrogen) atoms. The molecule has 0 unspecified atom stereocenters. The quantitative estimate of drug-likeness (QED) is 0.702. The highest BCUT2D eigenvalue weighted by atomic mass is 32.2. The number of nitrogens with zero attached hydrogens (tertiary/aromatic N) is 1. The number of ether oxygens (including phenoxy) is 1. The highest BCUT2D eigenvalue weighted by molar-refractivity contribution is 7.89. The summed E-state index contributed by atoms with van der Waals surface area (Å²) in [5.41, 5.74) is 0.596. The Bertz CT molecular complexity index is 917. The van der Waals surface area contributed by atoms with Gasteiger partial charge in [0.1, 0.15) is 5.75 Å². The summed E-state index contributed by atoms with van der Waals surface area (Å²) in [7, 11) is -2.02. The molecule has 0 aromatic heterocycles. The van der Waals surface area contributed by atoms with E-state index in [2.05, 4.69) is 5.32 Å². The van der Waals surface area contributed by atoms with Crippen molar-refractivity contribution >= 4 is 21.6 Å². The van der Waals surface area contributed by atoms with Crippen molar-refractivity contribution < 1.29 is 17.9 Å². The molecule has 1 heterocycles. The number of nitrogens with one attached hydrogen (secondary N) is 1. The fourth-order valence-electron chi connectivity index (χ4n) is 7.24. The van der Waals surface area contributed by atoms with Crippen molar-refractivity contribution in [1.29, 1.82) is 0 Å². The van der Waals surface area contributed by atoms with E-state index in [1.54, 1.807) is 29.6 Å². The number of hydrogen-bond acceptors (Lipinski definition) is 4. The lowest BCUT2D eigenvalue weighted by molar-refractivity contribution is -0.124. The predicted octanol–water partition coefficient (Wildman–Crippen LogP) is 4.41. The molecule has 5 aliphatic rings. The van der Waals surface area contributed by atoms with Gasteiger partial charge in [-0.1, -0.05) is 6.42 Å². The number of methoxy groups -OCH3 is 1. The summed E-state index contributed by atoms with van der Waals surface area (Å²) in [5.74, 6) is 2.87. The van der Waals surface area contributed by atoms with Crippen molar-refractivity contribution in [3.8, 4) is 5.75 Å². The van der Waals surface area contributed by atoms with E-state index >= 15 is 0 Å². The van der Waals surface area contributed by atoms with Crippen molar-refractivity contribution in [2.45, 2.75) is 69.1 Å². The van der Waals surface area contributed by atoms with Gasteiger partial charge < -0.3 is 10.1 Å². The highest BCUT2D eigenvalue weighted by Crippen LogP contribution is 2.61. The number of anilines is 1. The smallest absolute Gasteiger partial charge is 0.243 e. The minimum atomic E-state index is -3.56. The largest absolute Gasteiger partial charge is 0.495 e. The van der Waals surface area contributed by atoms with E-state index < -0.39 is 10.0 Å². The molecule has 7 heteroatoms. The van der Waals surface area contributed by atoms with E-state index in [0.29, 0.717) is 30.9 Å². The monoisotopic (exact) mass is 446 g/mol. The Morgan fingerprint density at radius 2 is 1.68 bits per heavy atom. The SMILES string of the molecule is COc1ccc(S(=O)(=O)N2CCCCC2)cc1NC(=O)CC12CC3CC(CC(C3)C1)C2. The molecule has 170 valence electrons. The van der Waals surface area contributed by atoms with E-state index in [-0.39, 0.29) is 16.2 Å². The average molecular weight is 447 g/mol. The van der Waals surface area contributed by atoms with Crippen LogP contribution in [-0.4, -0.2) is 38.8 Å². The van der Waals surface area contributed by atoms with Crippen molar-refractivity contribution in [3.63, 3.8) is 0 Å². The molecule has 6 rings (SSSR count). The summed E-state index contributed by atoms with van der Waals surface area (Å²) in [4.78, 5) is 13.3. The second-order valence-electron chi connectivity index (χ2n) is 10.5. The average Bonchev–Trinajstić information content (AvgIpc) is 2.73. The Labute approximate surface area is 185 Å². The van der Waals surface area contributed by atoms with Crippen LogP contribution in [0.5, 0.6) is 5.75 Å². The minimum Gasteiger partial charge on any atom is -0.495 e. The van der Waals surface area contributed by atoms with Crippen LogP contribution in [0.3, 0.4) is 0 Å². The fraction of sp³-hybridized carbons (Fsp3) is 0.708. The number of benzene rings is 1. The maximum absolute atomic E-state index is 13.1. The summed E-state index contributed by atoms with van der Waals surface area (Å²) >= 11 is 0. The predicted molar refractivity (Wildman–Crippen MR) is 119 cm³/mol. The molecular weight excluding hydrogens is 412 g/mol. The van der Waals surface area contributed by atoms with Crippen LogP contribution >= 0.6 is 0 Å². The van der Waals surface area contributed by atoms with Crippen LogP contribution in [0.15, 0.2) is 23.1 Å². The van der Waals surface area contributed by atoms with Crippen molar-refractivity contribution in [2.24, 2.45) is 23.2 Å². The minimum absolute atomic E-state index is 0.0206. The number of rotatable bonds is 6. The number of piperidine rings is 1. The van der Waals surface area contributed by atoms with Crippen molar-refractivity contribution in [2.75, 3.05) is 25.5 Å². The summed E-state index contributed by atoms with van der Waals surface area (Å²) < 4.78 is 33.2. The van der Waals surface area contributed by atoms with Crippen molar-refractivity contribution in [1.82, 2.24) is 4.31 Å². The van der Waals surface area contributed by atoms with Crippen molar-refractivity contribution in [3.05, 3.63) is 18.2 Å². The van der Waals surface area contributed by atoms with Gasteiger partial charge in [-0.25, -0.2) is 8.42 Å². The van der Waals surface area contributed by atoms with Gasteiger partial charge in [0.2, 0.25) is 15.9 Å². The lowest BCUT2D eigenvalue weighted by Crippen LogP contribution is -2.47. The maximum Gasteiger partial charge on any atom is 0.243 e. The van der Waals surface area contributed by atoms with Crippen LogP contribution in [0.1, 0.15) is 64.2 Å². The first kappa shape index (κ1) is 21.3. The summed E-state index contributed by atoms with van der Waals surface area (Å²) in [6, 6.07) is 4.80. The van der Waals surface area contributed by atoms with Gasteiger partial charge in [0.25, 0.3) is 0 Å². The number of sulfonamides is 1. The lowest BCUT2D eigenvalue weighted by atomic mass is 9.49. The Morgan fingerprint density at radius 1 is 1.06 bits per heavy atom. The summed E-state index contributed by atoms with van der Waals surface area (Å²) in [5, 5.41) is 3.00. The number of amides is 1. The van der Waals surface area contributed by atoms with Gasteiger partial charge in [-0.05, 0) is 92.7 Å². The van der Waals surface area contributed by atoms with E-state index in [4.69, 9.17) is 4.74 Å². The zero-order valence-electron chi connectivity index (χ0n) is 18.4. The molecule has 1 aromatic carbocycles. The third-order valence-corrected chi connectivity index (χ3v) is 9.99. The second kappa shape index (κ2) is 8.07. The molecule has 6 nitrogen and oxygen atoms in total. The van der Waals surface area contributed by atoms with E-state index in [9.17, 15) is 13.2 Å². The Hall–Kier alpha value is -1.60. The number of hydrogen-bond donors (Lipinski definition) is 1. The molecule has 4 saturated carbocycles. The summed E-state index contributed by atoms with van der Waals surface area (Å²) in [6.07, 6.45) is 11.0. The molecule has 4 aliphatic carbocycles. The van der Waals surface area contributed by atoms with Gasteiger partial charge in [0.15, 0.2) is 0 Å². The highest BCUT2D eigenvalue weighted by Gasteiger charge is 2.51. The van der Waals surface area contributed by atoms with Gasteiger partial charge in [-0.2, -0.15) is 4.31 Å². The van der Waals surface area contributed by atoms with E-state index in [0.717, 1.165) is 37.0 Å². The molecule has 4 bridgehead atoms. The van der Waals surface area contributed by atoms with Gasteiger partial charge in [0, 0.05) is 19.5 Å². The maximum atomic E-state index is 13.1. The molecule has 1 saturated heterocycles. The molecular formula is C24H34N2O4S. The zero-order chi connectivity index (χ0) is 21.6. The van der Waals surface area contributed by atoms with E-state index in [1.807, 2.05) is 0 Å². The molecule has 5 fully saturated rings. The topological polar surface area (TPSA) is 75.7 Å². The van der Waals surface area contributed by atoms with Crippen LogP contribution in [0.4, 0.5) is 5.69 Å². The first-order chi connectivity index (χ1) is 14.9. The van der Waals surface area contributed by atoms with E-state index in [1.165, 1.54) is 38.5 Å². The van der Waals surface area contributed by atoms with Crippen LogP contribution in [0, 0.1) is 23.2 Å². The first-order valence-corrected chi connectivity index (χ1v) is 13.3. The molecule has 0 radical (unpaired) electrons. The third kappa shape index (κ3) is 4.11. The number of carbonyl (C=O) groups is 1. The Balaban J connectivity index is 1.33. The first-order valence-electron chi connectivity index (χ1n) is 11.8. The van der Waals surface area contributed by atoms with Gasteiger partial charge in [0.05, 0.1) is 17.7 Å². The van der Waals surface area contributed by atoms with Crippen LogP contribution in [-0.2, 0) is 14.8 Å². The normalized spacial score (nSPS) is 32.7. The second-order valence-corrected chi connectivity index (χ2v) is 12.4. The molecule has 1 amide bonds. The lowest BCUT2D eigenvalue weighted by Gasteiger charge is -2.56. The molecule has 0 spiro atoms. The van der Waals surface area contributed by atoms with Gasteiger partial charge in [-0.3, -0.25) is 4.79 Å². The van der Waals surface area contributed by atoms with Gasteiger partial charge in [-0.15, -0.1) is 0 Å². The van der Waals surface area contributed by atoms with Crippen LogP contribution in [0.2, 0.25) is 0 Å². The van der Waals surface area contributed by atoms with Gasteiger partial charge >= 0.3 is 0 Å². The summed E-state index contributed by atoms with van der Waals surface area (Å²) in [6.45, 7) is 1.12. The van der Waals surface area contributed by atoms with Crippen LogP contribution in [0.25, 0.3) is 0 Å². The zero-order valence-corrected chi connectivity index (χ0v) is 19.3. The molecule has 1 aliphatic heterocycles. The fourth-order valence-corrected chi connectivity index (χ4v) is 8.78. The number of carbonyl (C=O) groups excluding carboxylic acids is 1. The van der Waals surface area contributed by atoms with Crippen LogP contribution < -0.4 is 10.1 Å². The molecule has 1 N–H and O–H groups in total. The Morgan fingerprint density at radius 3 is 2.26 bits per heavy atom. The third-order valence-electron chi connectivity index (χ3n) is 8.10. The molecule has 1 aromatic rings. The standard InChI is InChI=1S/C24H34N2O4S/c1-30-22-6-5-20(31(28,29)26-7-3-2-4-8-26)12-21(22)25-23(27)16-24-13-17-9-18(14-24)11-19(10-17)15-24/h5-6,12,17-19H,2-4,7-11,13-16H2,1H3,(H,25,27). The molecule has 0 atom stereocenters. The Kier molecular flexibility index (Phi) is 5.53.